The van der Waals surface area contributed by atoms with Gasteiger partial charge in [0.1, 0.15) is 17.0 Å². The summed E-state index contributed by atoms with van der Waals surface area (Å²) in [7, 11) is 1.85. The van der Waals surface area contributed by atoms with E-state index in [4.69, 9.17) is 4.74 Å². The molecule has 1 fully saturated rings. The third-order valence-electron chi connectivity index (χ3n) is 4.66. The van der Waals surface area contributed by atoms with Gasteiger partial charge in [0.05, 0.1) is 12.6 Å². The summed E-state index contributed by atoms with van der Waals surface area (Å²) in [6.07, 6.45) is 2.01. The molecule has 0 bridgehead atoms. The zero-order chi connectivity index (χ0) is 18.6. The molecule has 5 heteroatoms. The van der Waals surface area contributed by atoms with Crippen LogP contribution < -0.4 is 15.0 Å². The second kappa shape index (κ2) is 7.49. The first-order valence-corrected chi connectivity index (χ1v) is 8.76. The Balaban J connectivity index is 1.57. The van der Waals surface area contributed by atoms with Crippen molar-refractivity contribution in [2.75, 3.05) is 18.5 Å². The third-order valence-corrected chi connectivity index (χ3v) is 4.66. The highest BCUT2D eigenvalue weighted by Crippen LogP contribution is 2.39. The molecule has 1 N–H and O–H groups in total. The van der Waals surface area contributed by atoms with Crippen molar-refractivity contribution in [3.63, 3.8) is 0 Å². The van der Waals surface area contributed by atoms with Crippen LogP contribution in [-0.2, 0) is 4.79 Å². The number of ether oxygens (including phenoxy) is 1. The lowest BCUT2D eigenvalue weighted by molar-refractivity contribution is -0.121. The van der Waals surface area contributed by atoms with Crippen LogP contribution in [-0.4, -0.2) is 25.0 Å². The molecule has 5 nitrogen and oxygen atoms in total. The van der Waals surface area contributed by atoms with Crippen LogP contribution in [0, 0.1) is 17.2 Å². The number of para-hydroxylation sites is 1. The van der Waals surface area contributed by atoms with Crippen molar-refractivity contribution in [3.8, 4) is 17.6 Å². The summed E-state index contributed by atoms with van der Waals surface area (Å²) >= 11 is 0. The van der Waals surface area contributed by atoms with Crippen molar-refractivity contribution < 1.29 is 9.53 Å². The number of nitrogens with one attached hydrogen (secondary N) is 1. The summed E-state index contributed by atoms with van der Waals surface area (Å²) in [5, 5.41) is 12.2. The Morgan fingerprint density at radius 3 is 2.38 bits per heavy atom. The first-order valence-electron chi connectivity index (χ1n) is 8.76. The highest BCUT2D eigenvalue weighted by atomic mass is 16.5. The minimum Gasteiger partial charge on any atom is -0.457 e. The highest BCUT2D eigenvalue weighted by molar-refractivity contribution is 5.82. The van der Waals surface area contributed by atoms with Crippen LogP contribution in [0.2, 0.25) is 0 Å². The third kappa shape index (κ3) is 4.34. The standard InChI is InChI=1S/C21H23N3O2/c1-21(15-22,16-8-9-16)23-20(25)14-24(2)17-10-12-19(13-11-17)26-18-6-4-3-5-7-18/h3-7,10-13,16H,8-9,14H2,1-2H3,(H,23,25). The van der Waals surface area contributed by atoms with Crippen LogP contribution in [0.1, 0.15) is 19.8 Å². The number of rotatable bonds is 7. The number of benzene rings is 2. The molecule has 0 aromatic heterocycles. The van der Waals surface area contributed by atoms with E-state index in [2.05, 4.69) is 11.4 Å². The summed E-state index contributed by atoms with van der Waals surface area (Å²) in [6, 6.07) is 19.4. The minimum absolute atomic E-state index is 0.145. The maximum absolute atomic E-state index is 12.3. The van der Waals surface area contributed by atoms with Gasteiger partial charge in [0.25, 0.3) is 0 Å². The van der Waals surface area contributed by atoms with E-state index in [9.17, 15) is 10.1 Å². The second-order valence-corrected chi connectivity index (χ2v) is 6.90. The molecule has 0 radical (unpaired) electrons. The monoisotopic (exact) mass is 349 g/mol. The molecule has 1 amide bonds. The summed E-state index contributed by atoms with van der Waals surface area (Å²) in [5.74, 6) is 1.65. The molecule has 0 aliphatic heterocycles. The number of amides is 1. The molecule has 26 heavy (non-hydrogen) atoms. The summed E-state index contributed by atoms with van der Waals surface area (Å²) < 4.78 is 5.77. The fraction of sp³-hybridized carbons (Fsp3) is 0.333. The predicted octanol–water partition coefficient (Wildman–Crippen LogP) is 3.72. The van der Waals surface area contributed by atoms with E-state index in [-0.39, 0.29) is 18.4 Å². The van der Waals surface area contributed by atoms with Gasteiger partial charge in [0, 0.05) is 12.7 Å². The lowest BCUT2D eigenvalue weighted by Gasteiger charge is -2.25. The molecule has 1 aliphatic carbocycles. The molecule has 134 valence electrons. The van der Waals surface area contributed by atoms with Crippen molar-refractivity contribution >= 4 is 11.6 Å². The Morgan fingerprint density at radius 2 is 1.81 bits per heavy atom. The van der Waals surface area contributed by atoms with E-state index in [1.54, 1.807) is 6.92 Å². The van der Waals surface area contributed by atoms with Gasteiger partial charge in [0.15, 0.2) is 0 Å². The van der Waals surface area contributed by atoms with Crippen molar-refractivity contribution in [1.29, 1.82) is 5.26 Å². The number of carbonyl (C=O) groups is 1. The van der Waals surface area contributed by atoms with E-state index in [1.807, 2.05) is 66.5 Å². The average Bonchev–Trinajstić information content (AvgIpc) is 3.48. The normalized spacial score (nSPS) is 15.4. The zero-order valence-corrected chi connectivity index (χ0v) is 15.1. The van der Waals surface area contributed by atoms with E-state index in [0.29, 0.717) is 0 Å². The van der Waals surface area contributed by atoms with Gasteiger partial charge in [-0.15, -0.1) is 0 Å². The van der Waals surface area contributed by atoms with Crippen LogP contribution >= 0.6 is 0 Å². The van der Waals surface area contributed by atoms with Crippen molar-refractivity contribution in [2.24, 2.45) is 5.92 Å². The Bertz CT molecular complexity index is 794. The van der Waals surface area contributed by atoms with E-state index < -0.39 is 5.54 Å². The number of hydrogen-bond donors (Lipinski definition) is 1. The summed E-state index contributed by atoms with van der Waals surface area (Å²) in [4.78, 5) is 14.2. The first kappa shape index (κ1) is 17.8. The van der Waals surface area contributed by atoms with Gasteiger partial charge in [-0.25, -0.2) is 0 Å². The molecule has 0 heterocycles. The van der Waals surface area contributed by atoms with Crippen LogP contribution in [0.25, 0.3) is 0 Å². The quantitative estimate of drug-likeness (QED) is 0.827. The molecule has 2 aromatic rings. The average molecular weight is 349 g/mol. The molecular formula is C21H23N3O2. The van der Waals surface area contributed by atoms with Crippen molar-refractivity contribution in [3.05, 3.63) is 54.6 Å². The van der Waals surface area contributed by atoms with Gasteiger partial charge in [-0.2, -0.15) is 5.26 Å². The topological polar surface area (TPSA) is 65.4 Å². The molecule has 3 rings (SSSR count). The number of nitriles is 1. The van der Waals surface area contributed by atoms with Crippen LogP contribution in [0.15, 0.2) is 54.6 Å². The van der Waals surface area contributed by atoms with E-state index >= 15 is 0 Å². The summed E-state index contributed by atoms with van der Waals surface area (Å²) in [5.41, 5.74) is 0.149. The molecule has 1 saturated carbocycles. The Hall–Kier alpha value is -3.00. The van der Waals surface area contributed by atoms with E-state index in [0.717, 1.165) is 30.0 Å². The Kier molecular flexibility index (Phi) is 5.13. The number of likely N-dealkylation sites (N-methyl/N-ethyl adjacent to an activating group) is 1. The molecule has 0 saturated heterocycles. The Morgan fingerprint density at radius 1 is 1.19 bits per heavy atom. The Labute approximate surface area is 154 Å². The number of hydrogen-bond acceptors (Lipinski definition) is 4. The zero-order valence-electron chi connectivity index (χ0n) is 15.1. The van der Waals surface area contributed by atoms with Gasteiger partial charge < -0.3 is 15.0 Å². The molecule has 1 aliphatic rings. The van der Waals surface area contributed by atoms with Crippen LogP contribution in [0.3, 0.4) is 0 Å². The summed E-state index contributed by atoms with van der Waals surface area (Å²) in [6.45, 7) is 2.00. The SMILES string of the molecule is CN(CC(=O)NC(C)(C#N)C1CC1)c1ccc(Oc2ccccc2)cc1. The second-order valence-electron chi connectivity index (χ2n) is 6.90. The van der Waals surface area contributed by atoms with Gasteiger partial charge in [0.2, 0.25) is 5.91 Å². The predicted molar refractivity (Wildman–Crippen MR) is 101 cm³/mol. The highest BCUT2D eigenvalue weighted by Gasteiger charge is 2.43. The molecule has 0 spiro atoms. The van der Waals surface area contributed by atoms with Gasteiger partial charge >= 0.3 is 0 Å². The number of nitrogens with zero attached hydrogens (tertiary/aromatic N) is 2. The lowest BCUT2D eigenvalue weighted by Crippen LogP contribution is -2.49. The minimum atomic E-state index is -0.759. The van der Waals surface area contributed by atoms with Crippen LogP contribution in [0.5, 0.6) is 11.5 Å². The fourth-order valence-electron chi connectivity index (χ4n) is 2.91. The largest absolute Gasteiger partial charge is 0.457 e. The maximum atomic E-state index is 12.3. The first-order chi connectivity index (χ1) is 12.5. The fourth-order valence-corrected chi connectivity index (χ4v) is 2.91. The lowest BCUT2D eigenvalue weighted by atomic mass is 9.98. The van der Waals surface area contributed by atoms with Gasteiger partial charge in [-0.1, -0.05) is 18.2 Å². The maximum Gasteiger partial charge on any atom is 0.240 e. The number of anilines is 1. The van der Waals surface area contributed by atoms with Crippen molar-refractivity contribution in [2.45, 2.75) is 25.3 Å². The number of carbonyl (C=O) groups excluding carboxylic acids is 1. The molecule has 1 unspecified atom stereocenters. The van der Waals surface area contributed by atoms with Gasteiger partial charge in [-0.3, -0.25) is 4.79 Å². The van der Waals surface area contributed by atoms with Crippen LogP contribution in [0.4, 0.5) is 5.69 Å². The van der Waals surface area contributed by atoms with Crippen molar-refractivity contribution in [1.82, 2.24) is 5.32 Å². The molecule has 1 atom stereocenters. The molecular weight excluding hydrogens is 326 g/mol. The smallest absolute Gasteiger partial charge is 0.240 e. The van der Waals surface area contributed by atoms with E-state index in [1.165, 1.54) is 0 Å². The van der Waals surface area contributed by atoms with Gasteiger partial charge in [-0.05, 0) is 62.1 Å². The molecule has 2 aromatic carbocycles.